The highest BCUT2D eigenvalue weighted by Gasteiger charge is 2.22. The molecule has 4 nitrogen and oxygen atoms in total. The van der Waals surface area contributed by atoms with Crippen LogP contribution in [0.15, 0.2) is 5.38 Å². The Morgan fingerprint density at radius 1 is 1.69 bits per heavy atom. The Bertz CT molecular complexity index is 329. The maximum atomic E-state index is 5.55. The van der Waals surface area contributed by atoms with Crippen LogP contribution >= 0.6 is 11.3 Å². The molecule has 1 unspecified atom stereocenters. The topological polar surface area (TPSA) is 51.4 Å². The van der Waals surface area contributed by atoms with Gasteiger partial charge in [-0.15, -0.1) is 11.3 Å². The van der Waals surface area contributed by atoms with Crippen LogP contribution in [0, 0.1) is 5.92 Å². The Balaban J connectivity index is 1.82. The van der Waals surface area contributed by atoms with Crippen LogP contribution in [-0.4, -0.2) is 36.7 Å². The van der Waals surface area contributed by atoms with Gasteiger partial charge in [-0.05, 0) is 18.9 Å². The van der Waals surface area contributed by atoms with Gasteiger partial charge in [-0.2, -0.15) is 0 Å². The number of ether oxygens (including phenoxy) is 1. The summed E-state index contributed by atoms with van der Waals surface area (Å²) in [6.07, 6.45) is 1.24. The minimum absolute atomic E-state index is 0.553. The lowest BCUT2D eigenvalue weighted by molar-refractivity contribution is 0.152. The summed E-state index contributed by atoms with van der Waals surface area (Å²) in [6.45, 7) is 4.67. The van der Waals surface area contributed by atoms with Crippen LogP contribution in [0.5, 0.6) is 0 Å². The standard InChI is InChI=1S/C11H19N3OS/c1-15-7-9-2-3-14(5-9)6-10-8-16-11(4-12)13-10/h8-9H,2-7,12H2,1H3. The summed E-state index contributed by atoms with van der Waals surface area (Å²) >= 11 is 1.66. The molecule has 0 saturated carbocycles. The maximum Gasteiger partial charge on any atom is 0.106 e. The van der Waals surface area contributed by atoms with Crippen LogP contribution in [0.25, 0.3) is 0 Å². The molecule has 5 heteroatoms. The van der Waals surface area contributed by atoms with Crippen LogP contribution in [0.3, 0.4) is 0 Å². The molecular weight excluding hydrogens is 222 g/mol. The van der Waals surface area contributed by atoms with Gasteiger partial charge in [0.25, 0.3) is 0 Å². The SMILES string of the molecule is COCC1CCN(Cc2csc(CN)n2)C1. The number of rotatable bonds is 5. The molecule has 0 bridgehead atoms. The number of nitrogens with zero attached hydrogens (tertiary/aromatic N) is 2. The molecular formula is C11H19N3OS. The molecule has 2 rings (SSSR count). The van der Waals surface area contributed by atoms with E-state index in [-0.39, 0.29) is 0 Å². The number of hydrogen-bond donors (Lipinski definition) is 1. The van der Waals surface area contributed by atoms with Gasteiger partial charge >= 0.3 is 0 Å². The quantitative estimate of drug-likeness (QED) is 0.838. The molecule has 1 aliphatic rings. The van der Waals surface area contributed by atoms with Crippen molar-refractivity contribution in [1.82, 2.24) is 9.88 Å². The van der Waals surface area contributed by atoms with Gasteiger partial charge < -0.3 is 10.5 Å². The number of aromatic nitrogens is 1. The molecule has 2 N–H and O–H groups in total. The van der Waals surface area contributed by atoms with Crippen molar-refractivity contribution in [3.8, 4) is 0 Å². The number of hydrogen-bond acceptors (Lipinski definition) is 5. The molecule has 1 atom stereocenters. The van der Waals surface area contributed by atoms with E-state index in [1.54, 1.807) is 18.4 Å². The Labute approximate surface area is 100 Å². The largest absolute Gasteiger partial charge is 0.384 e. The molecule has 2 heterocycles. The number of nitrogens with two attached hydrogens (primary N) is 1. The molecule has 1 fully saturated rings. The summed E-state index contributed by atoms with van der Waals surface area (Å²) in [5, 5.41) is 3.15. The first-order chi connectivity index (χ1) is 7.81. The van der Waals surface area contributed by atoms with E-state index in [1.165, 1.54) is 6.42 Å². The first kappa shape index (κ1) is 12.0. The summed E-state index contributed by atoms with van der Waals surface area (Å²) in [5.74, 6) is 0.692. The van der Waals surface area contributed by atoms with E-state index < -0.39 is 0 Å². The van der Waals surface area contributed by atoms with Crippen molar-refractivity contribution in [3.63, 3.8) is 0 Å². The van der Waals surface area contributed by atoms with Crippen molar-refractivity contribution in [3.05, 3.63) is 16.1 Å². The zero-order valence-electron chi connectivity index (χ0n) is 9.69. The second kappa shape index (κ2) is 5.72. The van der Waals surface area contributed by atoms with Crippen molar-refractivity contribution in [2.45, 2.75) is 19.5 Å². The number of methoxy groups -OCH3 is 1. The van der Waals surface area contributed by atoms with E-state index in [0.29, 0.717) is 12.5 Å². The molecule has 0 radical (unpaired) electrons. The van der Waals surface area contributed by atoms with Gasteiger partial charge in [0.05, 0.1) is 12.3 Å². The second-order valence-corrected chi connectivity index (χ2v) is 5.22. The van der Waals surface area contributed by atoms with Crippen molar-refractivity contribution in [2.75, 3.05) is 26.8 Å². The Hall–Kier alpha value is -0.490. The fourth-order valence-corrected chi connectivity index (χ4v) is 2.84. The Morgan fingerprint density at radius 3 is 3.25 bits per heavy atom. The second-order valence-electron chi connectivity index (χ2n) is 4.28. The molecule has 0 aromatic carbocycles. The lowest BCUT2D eigenvalue weighted by Gasteiger charge is -2.14. The molecule has 0 spiro atoms. The van der Waals surface area contributed by atoms with E-state index in [0.717, 1.165) is 36.9 Å². The summed E-state index contributed by atoms with van der Waals surface area (Å²) in [5.41, 5.74) is 6.71. The van der Waals surface area contributed by atoms with Gasteiger partial charge in [0, 0.05) is 32.1 Å². The maximum absolute atomic E-state index is 5.55. The van der Waals surface area contributed by atoms with Gasteiger partial charge in [0.1, 0.15) is 5.01 Å². The molecule has 0 amide bonds. The third kappa shape index (κ3) is 3.01. The number of thiazole rings is 1. The van der Waals surface area contributed by atoms with Gasteiger partial charge in [-0.1, -0.05) is 0 Å². The Morgan fingerprint density at radius 2 is 2.56 bits per heavy atom. The third-order valence-electron chi connectivity index (χ3n) is 2.93. The fraction of sp³-hybridized carbons (Fsp3) is 0.727. The fourth-order valence-electron chi connectivity index (χ4n) is 2.17. The predicted molar refractivity (Wildman–Crippen MR) is 65.3 cm³/mol. The van der Waals surface area contributed by atoms with Gasteiger partial charge in [0.15, 0.2) is 0 Å². The first-order valence-electron chi connectivity index (χ1n) is 5.66. The third-order valence-corrected chi connectivity index (χ3v) is 3.85. The normalized spacial score (nSPS) is 21.8. The van der Waals surface area contributed by atoms with Gasteiger partial charge in [-0.3, -0.25) is 4.90 Å². The van der Waals surface area contributed by atoms with Crippen LogP contribution in [0.4, 0.5) is 0 Å². The van der Waals surface area contributed by atoms with E-state index in [2.05, 4.69) is 15.3 Å². The molecule has 1 aliphatic heterocycles. The van der Waals surface area contributed by atoms with E-state index >= 15 is 0 Å². The molecule has 1 aromatic rings. The summed E-state index contributed by atoms with van der Waals surface area (Å²) in [7, 11) is 1.77. The molecule has 90 valence electrons. The van der Waals surface area contributed by atoms with Crippen LogP contribution in [0.2, 0.25) is 0 Å². The van der Waals surface area contributed by atoms with Crippen molar-refractivity contribution >= 4 is 11.3 Å². The van der Waals surface area contributed by atoms with Crippen LogP contribution < -0.4 is 5.73 Å². The number of likely N-dealkylation sites (tertiary alicyclic amines) is 1. The van der Waals surface area contributed by atoms with E-state index in [9.17, 15) is 0 Å². The molecule has 0 aliphatic carbocycles. The average Bonchev–Trinajstić information content (AvgIpc) is 2.89. The highest BCUT2D eigenvalue weighted by atomic mass is 32.1. The summed E-state index contributed by atoms with van der Waals surface area (Å²) in [4.78, 5) is 6.93. The van der Waals surface area contributed by atoms with Crippen molar-refractivity contribution < 1.29 is 4.74 Å². The Kier molecular flexibility index (Phi) is 4.29. The summed E-state index contributed by atoms with van der Waals surface area (Å²) < 4.78 is 5.19. The summed E-state index contributed by atoms with van der Waals surface area (Å²) in [6, 6.07) is 0. The van der Waals surface area contributed by atoms with Crippen molar-refractivity contribution in [2.24, 2.45) is 11.7 Å². The monoisotopic (exact) mass is 241 g/mol. The highest BCUT2D eigenvalue weighted by Crippen LogP contribution is 2.19. The zero-order valence-corrected chi connectivity index (χ0v) is 10.5. The molecule has 16 heavy (non-hydrogen) atoms. The zero-order chi connectivity index (χ0) is 11.4. The lowest BCUT2D eigenvalue weighted by atomic mass is 10.1. The van der Waals surface area contributed by atoms with E-state index in [4.69, 9.17) is 10.5 Å². The predicted octanol–water partition coefficient (Wildman–Crippen LogP) is 1.07. The van der Waals surface area contributed by atoms with Gasteiger partial charge in [0.2, 0.25) is 0 Å². The smallest absolute Gasteiger partial charge is 0.106 e. The molecule has 1 aromatic heterocycles. The van der Waals surface area contributed by atoms with Crippen LogP contribution in [0.1, 0.15) is 17.1 Å². The lowest BCUT2D eigenvalue weighted by Crippen LogP contribution is -2.21. The van der Waals surface area contributed by atoms with Crippen LogP contribution in [-0.2, 0) is 17.8 Å². The minimum atomic E-state index is 0.553. The average molecular weight is 241 g/mol. The van der Waals surface area contributed by atoms with Crippen molar-refractivity contribution in [1.29, 1.82) is 0 Å². The molecule has 1 saturated heterocycles. The first-order valence-corrected chi connectivity index (χ1v) is 6.54. The minimum Gasteiger partial charge on any atom is -0.384 e. The van der Waals surface area contributed by atoms with E-state index in [1.807, 2.05) is 0 Å². The highest BCUT2D eigenvalue weighted by molar-refractivity contribution is 7.09. The van der Waals surface area contributed by atoms with Gasteiger partial charge in [-0.25, -0.2) is 4.98 Å².